The molecule has 0 spiro atoms. The van der Waals surface area contributed by atoms with Gasteiger partial charge in [0.25, 0.3) is 0 Å². The Morgan fingerprint density at radius 2 is 1.82 bits per heavy atom. The Balaban J connectivity index is 1.39. The fourth-order valence-corrected chi connectivity index (χ4v) is 4.60. The fraction of sp³-hybridized carbons (Fsp3) is 0.600. The van der Waals surface area contributed by atoms with Gasteiger partial charge in [-0.05, 0) is 68.4 Å². The van der Waals surface area contributed by atoms with Gasteiger partial charge in [0.15, 0.2) is 0 Å². The maximum absolute atomic E-state index is 2.60. The quantitative estimate of drug-likeness (QED) is 0.841. The van der Waals surface area contributed by atoms with Gasteiger partial charge in [-0.1, -0.05) is 30.3 Å². The number of rotatable bonds is 4. The maximum atomic E-state index is 2.60. The van der Waals surface area contributed by atoms with Crippen molar-refractivity contribution in [1.29, 1.82) is 0 Å². The number of allylic oxidation sites excluding steroid dienone is 1. The predicted octanol–water partition coefficient (Wildman–Crippen LogP) is 3.29. The summed E-state index contributed by atoms with van der Waals surface area (Å²) in [5.41, 5.74) is 4.57. The van der Waals surface area contributed by atoms with Crippen LogP contribution in [0, 0.1) is 11.8 Å². The Labute approximate surface area is 134 Å². The molecule has 22 heavy (non-hydrogen) atoms. The molecular weight excluding hydrogens is 268 g/mol. The van der Waals surface area contributed by atoms with Gasteiger partial charge in [0.05, 0.1) is 0 Å². The van der Waals surface area contributed by atoms with E-state index in [1.165, 1.54) is 69.5 Å². The highest BCUT2D eigenvalue weighted by atomic mass is 15.1. The highest BCUT2D eigenvalue weighted by Gasteiger charge is 2.36. The van der Waals surface area contributed by atoms with E-state index >= 15 is 0 Å². The molecule has 118 valence electrons. The third-order valence-electron chi connectivity index (χ3n) is 5.87. The van der Waals surface area contributed by atoms with Crippen molar-refractivity contribution in [3.8, 4) is 0 Å². The molecule has 2 aliphatic heterocycles. The molecule has 3 aliphatic rings. The minimum absolute atomic E-state index is 0.778. The zero-order valence-corrected chi connectivity index (χ0v) is 13.8. The van der Waals surface area contributed by atoms with Gasteiger partial charge in [-0.2, -0.15) is 0 Å². The predicted molar refractivity (Wildman–Crippen MR) is 92.9 cm³/mol. The molecule has 0 amide bonds. The van der Waals surface area contributed by atoms with E-state index in [1.54, 1.807) is 5.57 Å². The first-order valence-electron chi connectivity index (χ1n) is 9.00. The van der Waals surface area contributed by atoms with E-state index in [0.717, 1.165) is 11.8 Å². The molecule has 2 nitrogen and oxygen atoms in total. The van der Waals surface area contributed by atoms with Crippen LogP contribution in [0.25, 0.3) is 5.57 Å². The topological polar surface area (TPSA) is 6.48 Å². The monoisotopic (exact) mass is 296 g/mol. The molecule has 0 aromatic heterocycles. The lowest BCUT2D eigenvalue weighted by Crippen LogP contribution is -2.21. The molecule has 2 unspecified atom stereocenters. The molecular formula is C20H28N2. The molecule has 0 bridgehead atoms. The van der Waals surface area contributed by atoms with Gasteiger partial charge in [-0.25, -0.2) is 0 Å². The third kappa shape index (κ3) is 2.87. The second-order valence-electron chi connectivity index (χ2n) is 7.48. The van der Waals surface area contributed by atoms with Crippen LogP contribution in [0.4, 0.5) is 0 Å². The molecule has 2 atom stereocenters. The second-order valence-corrected chi connectivity index (χ2v) is 7.48. The lowest BCUT2D eigenvalue weighted by Gasteiger charge is -2.16. The Morgan fingerprint density at radius 1 is 1.05 bits per heavy atom. The molecule has 1 aromatic carbocycles. The van der Waals surface area contributed by atoms with Crippen LogP contribution in [0.1, 0.15) is 30.4 Å². The van der Waals surface area contributed by atoms with Crippen LogP contribution >= 0.6 is 0 Å². The molecule has 1 aromatic rings. The first-order valence-corrected chi connectivity index (χ1v) is 9.00. The molecule has 2 fully saturated rings. The lowest BCUT2D eigenvalue weighted by atomic mass is 9.90. The van der Waals surface area contributed by atoms with Gasteiger partial charge in [-0.3, -0.25) is 0 Å². The summed E-state index contributed by atoms with van der Waals surface area (Å²) in [6, 6.07) is 9.45. The van der Waals surface area contributed by atoms with Crippen LogP contribution in [0.2, 0.25) is 0 Å². The zero-order chi connectivity index (χ0) is 14.9. The van der Waals surface area contributed by atoms with Crippen molar-refractivity contribution in [2.75, 3.05) is 39.8 Å². The first-order chi connectivity index (χ1) is 10.8. The Bertz CT molecular complexity index is 539. The van der Waals surface area contributed by atoms with E-state index in [1.807, 2.05) is 0 Å². The summed E-state index contributed by atoms with van der Waals surface area (Å²) in [7, 11) is 2.26. The van der Waals surface area contributed by atoms with Crippen molar-refractivity contribution < 1.29 is 0 Å². The minimum Gasteiger partial charge on any atom is -0.305 e. The summed E-state index contributed by atoms with van der Waals surface area (Å²) in [5.74, 6) is 1.65. The van der Waals surface area contributed by atoms with Gasteiger partial charge in [-0.15, -0.1) is 0 Å². The highest BCUT2D eigenvalue weighted by Crippen LogP contribution is 2.42. The molecule has 0 N–H and O–H groups in total. The van der Waals surface area contributed by atoms with Crippen LogP contribution in [0.3, 0.4) is 0 Å². The van der Waals surface area contributed by atoms with Crippen LogP contribution in [-0.4, -0.2) is 49.6 Å². The SMILES string of the molecule is CN1CC2CC=C(c3ccc(CCN4CCCC4)cc3)C2C1. The minimum atomic E-state index is 0.778. The summed E-state index contributed by atoms with van der Waals surface area (Å²) < 4.78 is 0. The first kappa shape index (κ1) is 14.5. The highest BCUT2D eigenvalue weighted by molar-refractivity contribution is 5.70. The van der Waals surface area contributed by atoms with E-state index in [-0.39, 0.29) is 0 Å². The Kier molecular flexibility index (Phi) is 4.06. The number of hydrogen-bond acceptors (Lipinski definition) is 2. The number of likely N-dealkylation sites (tertiary alicyclic amines) is 2. The molecule has 2 heteroatoms. The Hall–Kier alpha value is -1.12. The normalized spacial score (nSPS) is 29.0. The molecule has 0 saturated carbocycles. The smallest absolute Gasteiger partial charge is 0.00507 e. The van der Waals surface area contributed by atoms with Crippen LogP contribution in [0.15, 0.2) is 30.3 Å². The van der Waals surface area contributed by atoms with Crippen LogP contribution < -0.4 is 0 Å². The van der Waals surface area contributed by atoms with Crippen LogP contribution in [-0.2, 0) is 6.42 Å². The number of hydrogen-bond donors (Lipinski definition) is 0. The number of nitrogens with zero attached hydrogens (tertiary/aromatic N) is 2. The van der Waals surface area contributed by atoms with E-state index in [0.29, 0.717) is 0 Å². The van der Waals surface area contributed by atoms with Crippen molar-refractivity contribution in [3.63, 3.8) is 0 Å². The van der Waals surface area contributed by atoms with E-state index < -0.39 is 0 Å². The Morgan fingerprint density at radius 3 is 2.59 bits per heavy atom. The summed E-state index contributed by atoms with van der Waals surface area (Å²) in [4.78, 5) is 5.10. The van der Waals surface area contributed by atoms with Gasteiger partial charge in [0.2, 0.25) is 0 Å². The maximum Gasteiger partial charge on any atom is 0.00507 e. The molecule has 4 rings (SSSR count). The summed E-state index contributed by atoms with van der Waals surface area (Å²) in [5, 5.41) is 0. The second kappa shape index (κ2) is 6.17. The van der Waals surface area contributed by atoms with Gasteiger partial charge in [0.1, 0.15) is 0 Å². The largest absolute Gasteiger partial charge is 0.305 e. The zero-order valence-electron chi connectivity index (χ0n) is 13.8. The van der Waals surface area contributed by atoms with Gasteiger partial charge < -0.3 is 9.80 Å². The summed E-state index contributed by atoms with van der Waals surface area (Å²) >= 11 is 0. The van der Waals surface area contributed by atoms with E-state index in [9.17, 15) is 0 Å². The number of fused-ring (bicyclic) bond motifs is 1. The molecule has 2 heterocycles. The van der Waals surface area contributed by atoms with Crippen molar-refractivity contribution in [2.24, 2.45) is 11.8 Å². The molecule has 0 radical (unpaired) electrons. The van der Waals surface area contributed by atoms with E-state index in [4.69, 9.17) is 0 Å². The van der Waals surface area contributed by atoms with Crippen molar-refractivity contribution in [1.82, 2.24) is 9.80 Å². The fourth-order valence-electron chi connectivity index (χ4n) is 4.60. The summed E-state index contributed by atoms with van der Waals surface area (Å²) in [6.45, 7) is 6.37. The van der Waals surface area contributed by atoms with Gasteiger partial charge >= 0.3 is 0 Å². The summed E-state index contributed by atoms with van der Waals surface area (Å²) in [6.07, 6.45) is 7.77. The average Bonchev–Trinajstić information content (AvgIpc) is 3.22. The average molecular weight is 296 g/mol. The molecule has 2 saturated heterocycles. The lowest BCUT2D eigenvalue weighted by molar-refractivity contribution is 0.343. The molecule has 1 aliphatic carbocycles. The van der Waals surface area contributed by atoms with E-state index in [2.05, 4.69) is 47.2 Å². The standard InChI is InChI=1S/C20H28N2/c1-21-14-18-8-9-19(20(18)15-21)17-6-4-16(5-7-17)10-13-22-11-2-3-12-22/h4-7,9,18,20H,2-3,8,10-15H2,1H3. The van der Waals surface area contributed by atoms with Gasteiger partial charge in [0, 0.05) is 25.6 Å². The van der Waals surface area contributed by atoms with Crippen LogP contribution in [0.5, 0.6) is 0 Å². The van der Waals surface area contributed by atoms with Crippen molar-refractivity contribution in [3.05, 3.63) is 41.5 Å². The third-order valence-corrected chi connectivity index (χ3v) is 5.87. The number of benzene rings is 1. The van der Waals surface area contributed by atoms with Crippen molar-refractivity contribution >= 4 is 5.57 Å². The van der Waals surface area contributed by atoms with Crippen molar-refractivity contribution in [2.45, 2.75) is 25.7 Å².